The summed E-state index contributed by atoms with van der Waals surface area (Å²) in [6.45, 7) is 4.61. The van der Waals surface area contributed by atoms with Crippen LogP contribution in [0.2, 0.25) is 0 Å². The highest BCUT2D eigenvalue weighted by molar-refractivity contribution is 5.80. The monoisotopic (exact) mass is 355 g/mol. The molecule has 0 radical (unpaired) electrons. The van der Waals surface area contributed by atoms with Gasteiger partial charge in [-0.1, -0.05) is 5.92 Å². The van der Waals surface area contributed by atoms with E-state index < -0.39 is 47.3 Å². The minimum atomic E-state index is -1.57. The molecule has 0 heterocycles. The number of terminal acetylenes is 1. The maximum atomic E-state index is 14.1. The number of aliphatic carboxylic acids is 1. The average molecular weight is 355 g/mol. The molecule has 6 nitrogen and oxygen atoms in total. The van der Waals surface area contributed by atoms with E-state index in [0.717, 1.165) is 12.1 Å². The number of hydrogen-bond acceptors (Lipinski definition) is 4. The zero-order valence-corrected chi connectivity index (χ0v) is 14.1. The van der Waals surface area contributed by atoms with E-state index in [1.165, 1.54) is 0 Å². The average Bonchev–Trinajstić information content (AvgIpc) is 2.45. The number of alkyl carbamates (subject to hydrolysis) is 1. The Labute approximate surface area is 144 Å². The second kappa shape index (κ2) is 8.33. The maximum Gasteiger partial charge on any atom is 0.408 e. The summed E-state index contributed by atoms with van der Waals surface area (Å²) in [6.07, 6.45) is 3.38. The van der Waals surface area contributed by atoms with Crippen molar-refractivity contribution < 1.29 is 33.0 Å². The molecule has 1 rings (SSSR count). The van der Waals surface area contributed by atoms with Gasteiger partial charge in [0.25, 0.3) is 0 Å². The summed E-state index contributed by atoms with van der Waals surface area (Å²) < 4.78 is 38.0. The quantitative estimate of drug-likeness (QED) is 0.766. The van der Waals surface area contributed by atoms with Gasteiger partial charge >= 0.3 is 12.1 Å². The maximum absolute atomic E-state index is 14.1. The molecule has 1 atom stereocenters. The minimum absolute atomic E-state index is 0.122. The van der Waals surface area contributed by atoms with E-state index in [0.29, 0.717) is 0 Å². The van der Waals surface area contributed by atoms with Crippen molar-refractivity contribution in [2.24, 2.45) is 0 Å². The topological polar surface area (TPSA) is 84.9 Å². The Morgan fingerprint density at radius 2 is 1.88 bits per heavy atom. The molecule has 0 unspecified atom stereocenters. The highest BCUT2D eigenvalue weighted by Gasteiger charge is 2.26. The van der Waals surface area contributed by atoms with Crippen LogP contribution in [-0.4, -0.2) is 35.4 Å². The summed E-state index contributed by atoms with van der Waals surface area (Å²) in [6, 6.07) is 0.209. The fourth-order valence-electron chi connectivity index (χ4n) is 1.84. The standard InChI is InChI=1S/C17H19F2NO5/c1-5-6-24-10-7-12(18)11(13(19)8-10)9-14(15(21)22)20-16(23)25-17(2,3)4/h1,7-8,14H,6,9H2,2-4H3,(H,20,23)(H,21,22)/t14-/m0/s1. The number of hydrogen-bond donors (Lipinski definition) is 2. The van der Waals surface area contributed by atoms with E-state index in [1.54, 1.807) is 20.8 Å². The van der Waals surface area contributed by atoms with Crippen molar-refractivity contribution in [3.63, 3.8) is 0 Å². The number of ether oxygens (including phenoxy) is 2. The Kier molecular flexibility index (Phi) is 6.74. The lowest BCUT2D eigenvalue weighted by Crippen LogP contribution is -2.45. The number of carboxylic acid groups (broad SMARTS) is 1. The van der Waals surface area contributed by atoms with Crippen LogP contribution in [0.25, 0.3) is 0 Å². The number of benzene rings is 1. The molecule has 0 spiro atoms. The Bertz CT molecular complexity index is 668. The van der Waals surface area contributed by atoms with Crippen molar-refractivity contribution in [3.8, 4) is 18.1 Å². The lowest BCUT2D eigenvalue weighted by atomic mass is 10.0. The van der Waals surface area contributed by atoms with Gasteiger partial charge in [-0.25, -0.2) is 18.4 Å². The Balaban J connectivity index is 2.94. The third kappa shape index (κ3) is 6.67. The van der Waals surface area contributed by atoms with Crippen LogP contribution >= 0.6 is 0 Å². The number of nitrogens with one attached hydrogen (secondary N) is 1. The van der Waals surface area contributed by atoms with Crippen molar-refractivity contribution in [2.45, 2.75) is 38.8 Å². The minimum Gasteiger partial charge on any atom is -0.481 e. The number of amides is 1. The van der Waals surface area contributed by atoms with E-state index in [4.69, 9.17) is 15.9 Å². The molecule has 136 valence electrons. The summed E-state index contributed by atoms with van der Waals surface area (Å²) in [4.78, 5) is 23.0. The van der Waals surface area contributed by atoms with Crippen LogP contribution in [0.1, 0.15) is 26.3 Å². The molecule has 0 aromatic heterocycles. The molecule has 0 fully saturated rings. The van der Waals surface area contributed by atoms with Gasteiger partial charge in [0.2, 0.25) is 0 Å². The van der Waals surface area contributed by atoms with Crippen molar-refractivity contribution in [3.05, 3.63) is 29.3 Å². The predicted octanol–water partition coefficient (Wildman–Crippen LogP) is 2.50. The first-order valence-electron chi connectivity index (χ1n) is 7.30. The molecule has 25 heavy (non-hydrogen) atoms. The van der Waals surface area contributed by atoms with Gasteiger partial charge in [-0.15, -0.1) is 6.42 Å². The van der Waals surface area contributed by atoms with Gasteiger partial charge < -0.3 is 19.9 Å². The smallest absolute Gasteiger partial charge is 0.408 e. The predicted molar refractivity (Wildman–Crippen MR) is 85.2 cm³/mol. The summed E-state index contributed by atoms with van der Waals surface area (Å²) in [5.41, 5.74) is -1.35. The van der Waals surface area contributed by atoms with Crippen molar-refractivity contribution >= 4 is 12.1 Å². The first kappa shape index (κ1) is 20.2. The summed E-state index contributed by atoms with van der Waals surface area (Å²) >= 11 is 0. The van der Waals surface area contributed by atoms with Crippen molar-refractivity contribution in [2.75, 3.05) is 6.61 Å². The van der Waals surface area contributed by atoms with Gasteiger partial charge in [0.05, 0.1) is 0 Å². The summed E-state index contributed by atoms with van der Waals surface area (Å²) in [5, 5.41) is 11.2. The SMILES string of the molecule is C#CCOc1cc(F)c(C[C@H](NC(=O)OC(C)(C)C)C(=O)O)c(F)c1. The van der Waals surface area contributed by atoms with Crippen molar-refractivity contribution in [1.82, 2.24) is 5.32 Å². The molecule has 1 aromatic carbocycles. The second-order valence-corrected chi connectivity index (χ2v) is 6.10. The summed E-state index contributed by atoms with van der Waals surface area (Å²) in [7, 11) is 0. The third-order valence-corrected chi connectivity index (χ3v) is 2.83. The van der Waals surface area contributed by atoms with Crippen LogP contribution in [0.5, 0.6) is 5.75 Å². The number of carbonyl (C=O) groups is 2. The number of carboxylic acids is 1. The van der Waals surface area contributed by atoms with E-state index >= 15 is 0 Å². The largest absolute Gasteiger partial charge is 0.481 e. The van der Waals surface area contributed by atoms with Crippen LogP contribution in [0.15, 0.2) is 12.1 Å². The number of carbonyl (C=O) groups excluding carboxylic acids is 1. The second-order valence-electron chi connectivity index (χ2n) is 6.10. The Hall–Kier alpha value is -2.82. The molecule has 0 aliphatic carbocycles. The molecule has 2 N–H and O–H groups in total. The molecule has 8 heteroatoms. The molecule has 0 aliphatic heterocycles. The van der Waals surface area contributed by atoms with Crippen LogP contribution in [0, 0.1) is 24.0 Å². The van der Waals surface area contributed by atoms with Gasteiger partial charge in [-0.2, -0.15) is 0 Å². The molecular weight excluding hydrogens is 336 g/mol. The highest BCUT2D eigenvalue weighted by atomic mass is 19.1. The third-order valence-electron chi connectivity index (χ3n) is 2.83. The lowest BCUT2D eigenvalue weighted by molar-refractivity contribution is -0.139. The fourth-order valence-corrected chi connectivity index (χ4v) is 1.84. The summed E-state index contributed by atoms with van der Waals surface area (Å²) in [5.74, 6) is -1.45. The van der Waals surface area contributed by atoms with E-state index in [2.05, 4.69) is 11.2 Å². The highest BCUT2D eigenvalue weighted by Crippen LogP contribution is 2.22. The number of rotatable bonds is 6. The van der Waals surface area contributed by atoms with Crippen molar-refractivity contribution in [1.29, 1.82) is 0 Å². The van der Waals surface area contributed by atoms with Crippen LogP contribution < -0.4 is 10.1 Å². The zero-order chi connectivity index (χ0) is 19.2. The number of halogens is 2. The van der Waals surface area contributed by atoms with Gasteiger partial charge in [-0.3, -0.25) is 0 Å². The normalized spacial score (nSPS) is 12.0. The molecule has 0 saturated heterocycles. The Morgan fingerprint density at radius 1 is 1.32 bits per heavy atom. The molecule has 1 amide bonds. The van der Waals surface area contributed by atoms with Crippen LogP contribution in [-0.2, 0) is 16.0 Å². The van der Waals surface area contributed by atoms with Gasteiger partial charge in [-0.05, 0) is 20.8 Å². The first-order valence-corrected chi connectivity index (χ1v) is 7.30. The lowest BCUT2D eigenvalue weighted by Gasteiger charge is -2.22. The van der Waals surface area contributed by atoms with E-state index in [9.17, 15) is 23.5 Å². The van der Waals surface area contributed by atoms with E-state index in [1.807, 2.05) is 0 Å². The van der Waals surface area contributed by atoms with Gasteiger partial charge in [0.1, 0.15) is 35.6 Å². The van der Waals surface area contributed by atoms with Crippen LogP contribution in [0.4, 0.5) is 13.6 Å². The molecule has 0 aliphatic rings. The molecule has 1 aromatic rings. The molecular formula is C17H19F2NO5. The van der Waals surface area contributed by atoms with E-state index in [-0.39, 0.29) is 12.4 Å². The Morgan fingerprint density at radius 3 is 2.32 bits per heavy atom. The van der Waals surface area contributed by atoms with Gasteiger partial charge in [0, 0.05) is 24.1 Å². The molecule has 0 saturated carbocycles. The molecule has 0 bridgehead atoms. The van der Waals surface area contributed by atoms with Crippen LogP contribution in [0.3, 0.4) is 0 Å². The van der Waals surface area contributed by atoms with Gasteiger partial charge in [0.15, 0.2) is 0 Å². The zero-order valence-electron chi connectivity index (χ0n) is 14.1. The fraction of sp³-hybridized carbons (Fsp3) is 0.412. The first-order chi connectivity index (χ1) is 11.5.